The Morgan fingerprint density at radius 2 is 1.84 bits per heavy atom. The van der Waals surface area contributed by atoms with Gasteiger partial charge < -0.3 is 14.5 Å². The van der Waals surface area contributed by atoms with Crippen LogP contribution in [0.2, 0.25) is 0 Å². The van der Waals surface area contributed by atoms with E-state index in [-0.39, 0.29) is 31.0 Å². The first kappa shape index (κ1) is 25.5. The van der Waals surface area contributed by atoms with Crippen molar-refractivity contribution in [1.82, 2.24) is 9.29 Å². The average molecular weight is 463 g/mol. The van der Waals surface area contributed by atoms with Gasteiger partial charge in [-0.2, -0.15) is 4.31 Å². The van der Waals surface area contributed by atoms with E-state index in [9.17, 15) is 18.0 Å². The van der Waals surface area contributed by atoms with Gasteiger partial charge in [0.2, 0.25) is 10.0 Å². The normalized spacial score (nSPS) is 12.9. The van der Waals surface area contributed by atoms with Gasteiger partial charge in [0.25, 0.3) is 0 Å². The van der Waals surface area contributed by atoms with Crippen LogP contribution >= 0.6 is 0 Å². The van der Waals surface area contributed by atoms with Gasteiger partial charge in [-0.1, -0.05) is 30.3 Å². The van der Waals surface area contributed by atoms with Gasteiger partial charge in [-0.3, -0.25) is 4.79 Å². The van der Waals surface area contributed by atoms with E-state index >= 15 is 0 Å². The third-order valence-electron chi connectivity index (χ3n) is 5.05. The summed E-state index contributed by atoms with van der Waals surface area (Å²) in [6.07, 6.45) is 1.48. The van der Waals surface area contributed by atoms with Gasteiger partial charge in [0.05, 0.1) is 19.3 Å². The van der Waals surface area contributed by atoms with Gasteiger partial charge in [0, 0.05) is 30.3 Å². The second-order valence-corrected chi connectivity index (χ2v) is 9.02. The molecule has 0 aliphatic carbocycles. The topological polar surface area (TPSA) is 106 Å². The van der Waals surface area contributed by atoms with Crippen molar-refractivity contribution in [2.45, 2.75) is 33.7 Å². The summed E-state index contributed by atoms with van der Waals surface area (Å²) >= 11 is 0. The highest BCUT2D eigenvalue weighted by Crippen LogP contribution is 2.23. The number of aryl methyl sites for hydroxylation is 1. The van der Waals surface area contributed by atoms with Crippen molar-refractivity contribution in [3.8, 4) is 0 Å². The number of hydrogen-bond donors (Lipinski definition) is 1. The van der Waals surface area contributed by atoms with Crippen LogP contribution in [0.4, 0.5) is 0 Å². The number of hydrogen-bond acceptors (Lipinski definition) is 6. The fourth-order valence-corrected chi connectivity index (χ4v) is 4.75. The number of carbonyl (C=O) groups excluding carboxylic acids is 2. The fraction of sp³-hybridized carbons (Fsp3) is 0.391. The molecule has 174 valence electrons. The van der Waals surface area contributed by atoms with E-state index < -0.39 is 27.8 Å². The van der Waals surface area contributed by atoms with E-state index in [1.54, 1.807) is 45.0 Å². The lowest BCUT2D eigenvalue weighted by Crippen LogP contribution is -2.44. The third kappa shape index (κ3) is 5.93. The minimum Gasteiger partial charge on any atom is -0.461 e. The first-order valence-corrected chi connectivity index (χ1v) is 11.8. The number of methoxy groups -OCH3 is 1. The standard InChI is InChI=1S/C23H30N2O6S/c1-6-31-23(27)21-16(2)20(17(3)24-21)22(26)18(4)25(13-14-30-5)32(28,29)15-12-19-10-8-7-9-11-19/h7-12,15,18,24H,6,13-14H2,1-5H3/b15-12+. The zero-order valence-corrected chi connectivity index (χ0v) is 19.9. The third-order valence-corrected chi connectivity index (χ3v) is 6.68. The number of esters is 1. The van der Waals surface area contributed by atoms with Gasteiger partial charge in [-0.25, -0.2) is 13.2 Å². The molecular formula is C23H30N2O6S. The maximum absolute atomic E-state index is 13.4. The first-order valence-electron chi connectivity index (χ1n) is 10.3. The lowest BCUT2D eigenvalue weighted by molar-refractivity contribution is 0.0519. The van der Waals surface area contributed by atoms with Crippen molar-refractivity contribution in [1.29, 1.82) is 0 Å². The lowest BCUT2D eigenvalue weighted by Gasteiger charge is -2.26. The Balaban J connectivity index is 2.39. The molecule has 0 saturated heterocycles. The van der Waals surface area contributed by atoms with E-state index in [2.05, 4.69) is 4.98 Å². The molecule has 1 N–H and O–H groups in total. The number of nitrogens with one attached hydrogen (secondary N) is 1. The number of ketones is 1. The first-order chi connectivity index (χ1) is 15.1. The van der Waals surface area contributed by atoms with Crippen molar-refractivity contribution < 1.29 is 27.5 Å². The Labute approximate surface area is 189 Å². The number of aromatic amines is 1. The molecule has 0 aliphatic rings. The summed E-state index contributed by atoms with van der Waals surface area (Å²) in [6.45, 7) is 6.85. The van der Waals surface area contributed by atoms with Crippen LogP contribution < -0.4 is 0 Å². The van der Waals surface area contributed by atoms with Gasteiger partial charge in [0.1, 0.15) is 5.69 Å². The van der Waals surface area contributed by atoms with E-state index in [4.69, 9.17) is 9.47 Å². The van der Waals surface area contributed by atoms with Crippen molar-refractivity contribution in [3.63, 3.8) is 0 Å². The Hall–Kier alpha value is -2.75. The van der Waals surface area contributed by atoms with Gasteiger partial charge in [-0.15, -0.1) is 0 Å². The van der Waals surface area contributed by atoms with E-state index in [1.165, 1.54) is 20.1 Å². The van der Waals surface area contributed by atoms with Crippen LogP contribution in [0, 0.1) is 13.8 Å². The molecule has 0 amide bonds. The molecule has 1 heterocycles. The second kappa shape index (κ2) is 11.2. The number of H-pyrrole nitrogens is 1. The maximum atomic E-state index is 13.4. The van der Waals surface area contributed by atoms with E-state index in [0.29, 0.717) is 11.3 Å². The number of ether oxygens (including phenoxy) is 2. The molecule has 0 bridgehead atoms. The van der Waals surface area contributed by atoms with Gasteiger partial charge >= 0.3 is 5.97 Å². The smallest absolute Gasteiger partial charge is 0.355 e. The van der Waals surface area contributed by atoms with Crippen LogP contribution in [0.25, 0.3) is 6.08 Å². The SMILES string of the molecule is CCOC(=O)c1[nH]c(C)c(C(=O)C(C)N(CCOC)S(=O)(=O)/C=C/c2ccccc2)c1C. The number of aromatic nitrogens is 1. The molecule has 0 fully saturated rings. The zero-order valence-electron chi connectivity index (χ0n) is 19.0. The quantitative estimate of drug-likeness (QED) is 0.406. The predicted molar refractivity (Wildman–Crippen MR) is 123 cm³/mol. The largest absolute Gasteiger partial charge is 0.461 e. The van der Waals surface area contributed by atoms with Gasteiger partial charge in [-0.05, 0) is 44.9 Å². The van der Waals surface area contributed by atoms with Crippen molar-refractivity contribution in [3.05, 3.63) is 63.8 Å². The molecule has 2 aromatic rings. The Morgan fingerprint density at radius 1 is 1.19 bits per heavy atom. The number of nitrogens with zero attached hydrogens (tertiary/aromatic N) is 1. The minimum atomic E-state index is -3.94. The number of carbonyl (C=O) groups is 2. The molecule has 0 radical (unpaired) electrons. The zero-order chi connectivity index (χ0) is 23.9. The summed E-state index contributed by atoms with van der Waals surface area (Å²) in [7, 11) is -2.48. The number of rotatable bonds is 11. The Morgan fingerprint density at radius 3 is 2.44 bits per heavy atom. The molecule has 32 heavy (non-hydrogen) atoms. The van der Waals surface area contributed by atoms with Crippen molar-refractivity contribution >= 4 is 27.9 Å². The number of Topliss-reactive ketones (excluding diaryl/α,β-unsaturated/α-hetero) is 1. The molecule has 1 atom stereocenters. The maximum Gasteiger partial charge on any atom is 0.355 e. The van der Waals surface area contributed by atoms with Crippen molar-refractivity contribution in [2.75, 3.05) is 26.9 Å². The summed E-state index contributed by atoms with van der Waals surface area (Å²) in [4.78, 5) is 28.4. The lowest BCUT2D eigenvalue weighted by atomic mass is 10.0. The highest BCUT2D eigenvalue weighted by molar-refractivity contribution is 7.92. The molecule has 0 saturated carbocycles. The Bertz CT molecular complexity index is 1070. The molecule has 1 aromatic carbocycles. The van der Waals surface area contributed by atoms with Crippen LogP contribution in [0.15, 0.2) is 35.7 Å². The average Bonchev–Trinajstić information content (AvgIpc) is 3.06. The van der Waals surface area contributed by atoms with Gasteiger partial charge in [0.15, 0.2) is 5.78 Å². The highest BCUT2D eigenvalue weighted by atomic mass is 32.2. The fourth-order valence-electron chi connectivity index (χ4n) is 3.40. The Kier molecular flexibility index (Phi) is 8.94. The predicted octanol–water partition coefficient (Wildman–Crippen LogP) is 3.33. The second-order valence-electron chi connectivity index (χ2n) is 7.25. The summed E-state index contributed by atoms with van der Waals surface area (Å²) in [6, 6.07) is 8.00. The molecule has 1 aromatic heterocycles. The summed E-state index contributed by atoms with van der Waals surface area (Å²) in [5.74, 6) is -0.978. The molecule has 1 unspecified atom stereocenters. The molecule has 0 spiro atoms. The summed E-state index contributed by atoms with van der Waals surface area (Å²) in [5.41, 5.74) is 2.10. The summed E-state index contributed by atoms with van der Waals surface area (Å²) in [5, 5.41) is 1.09. The van der Waals surface area contributed by atoms with Crippen LogP contribution in [0.1, 0.15) is 51.5 Å². The van der Waals surface area contributed by atoms with Crippen LogP contribution in [0.5, 0.6) is 0 Å². The molecule has 9 heteroatoms. The molecule has 8 nitrogen and oxygen atoms in total. The van der Waals surface area contributed by atoms with Crippen LogP contribution in [-0.4, -0.2) is 62.4 Å². The van der Waals surface area contributed by atoms with Crippen LogP contribution in [-0.2, 0) is 19.5 Å². The van der Waals surface area contributed by atoms with Crippen molar-refractivity contribution in [2.24, 2.45) is 0 Å². The van der Waals surface area contributed by atoms with E-state index in [0.717, 1.165) is 15.3 Å². The van der Waals surface area contributed by atoms with E-state index in [1.807, 2.05) is 6.07 Å². The summed E-state index contributed by atoms with van der Waals surface area (Å²) < 4.78 is 37.4. The molecule has 0 aliphatic heterocycles. The highest BCUT2D eigenvalue weighted by Gasteiger charge is 2.33. The molecular weight excluding hydrogens is 432 g/mol. The minimum absolute atomic E-state index is 0.00186. The van der Waals surface area contributed by atoms with Crippen LogP contribution in [0.3, 0.4) is 0 Å². The number of sulfonamides is 1. The number of benzene rings is 1. The monoisotopic (exact) mass is 462 g/mol. The molecule has 2 rings (SSSR count).